The van der Waals surface area contributed by atoms with Crippen LogP contribution in [0.4, 0.5) is 0 Å². The molecule has 3 N–H and O–H groups in total. The molecule has 1 amide bonds. The Morgan fingerprint density at radius 2 is 2.00 bits per heavy atom. The zero-order chi connectivity index (χ0) is 13.1. The smallest absolute Gasteiger partial charge is 0.267 e. The van der Waals surface area contributed by atoms with Crippen molar-refractivity contribution in [1.29, 1.82) is 0 Å². The zero-order valence-corrected chi connectivity index (χ0v) is 9.75. The Balaban J connectivity index is 2.36. The van der Waals surface area contributed by atoms with E-state index in [4.69, 9.17) is 10.5 Å². The van der Waals surface area contributed by atoms with E-state index in [-0.39, 0.29) is 11.4 Å². The number of amides is 1. The second-order valence-electron chi connectivity index (χ2n) is 3.68. The third-order valence-corrected chi connectivity index (χ3v) is 2.53. The Hall–Kier alpha value is -2.56. The van der Waals surface area contributed by atoms with Gasteiger partial charge in [0, 0.05) is 11.8 Å². The van der Waals surface area contributed by atoms with Crippen molar-refractivity contribution < 1.29 is 14.6 Å². The van der Waals surface area contributed by atoms with Crippen LogP contribution in [-0.4, -0.2) is 23.1 Å². The minimum atomic E-state index is -0.570. The molecule has 0 aliphatic carbocycles. The molecule has 18 heavy (non-hydrogen) atoms. The number of nitrogens with two attached hydrogens (primary N) is 1. The molecule has 0 spiro atoms. The molecule has 0 aliphatic heterocycles. The summed E-state index contributed by atoms with van der Waals surface area (Å²) in [6.45, 7) is 0. The molecule has 92 valence electrons. The molecule has 0 bridgehead atoms. The maximum atomic E-state index is 10.9. The van der Waals surface area contributed by atoms with Gasteiger partial charge in [-0.3, -0.25) is 9.78 Å². The molecular formula is C13H12N2O3. The number of methoxy groups -OCH3 is 1. The van der Waals surface area contributed by atoms with Crippen molar-refractivity contribution in [2.24, 2.45) is 5.73 Å². The topological polar surface area (TPSA) is 85.4 Å². The van der Waals surface area contributed by atoms with Crippen molar-refractivity contribution >= 4 is 5.91 Å². The molecule has 2 rings (SSSR count). The molecule has 5 heteroatoms. The van der Waals surface area contributed by atoms with Gasteiger partial charge in [0.15, 0.2) is 11.5 Å². The summed E-state index contributed by atoms with van der Waals surface area (Å²) in [6, 6.07) is 8.28. The summed E-state index contributed by atoms with van der Waals surface area (Å²) in [4.78, 5) is 14.8. The number of phenolic OH excluding ortho intramolecular Hbond substituents is 1. The first kappa shape index (κ1) is 11.9. The number of aromatic hydroxyl groups is 1. The summed E-state index contributed by atoms with van der Waals surface area (Å²) in [7, 11) is 1.48. The number of primary amides is 1. The van der Waals surface area contributed by atoms with E-state index in [1.807, 2.05) is 0 Å². The zero-order valence-electron chi connectivity index (χ0n) is 9.75. The van der Waals surface area contributed by atoms with Gasteiger partial charge in [0.2, 0.25) is 0 Å². The minimum absolute atomic E-state index is 0.0500. The molecule has 2 aromatic rings. The predicted molar refractivity (Wildman–Crippen MR) is 66.4 cm³/mol. The maximum absolute atomic E-state index is 10.9. The highest BCUT2D eigenvalue weighted by molar-refractivity contribution is 5.91. The van der Waals surface area contributed by atoms with Crippen molar-refractivity contribution in [2.45, 2.75) is 0 Å². The average molecular weight is 244 g/mol. The molecular weight excluding hydrogens is 232 g/mol. The quantitative estimate of drug-likeness (QED) is 0.858. The number of phenols is 1. The van der Waals surface area contributed by atoms with E-state index >= 15 is 0 Å². The molecule has 1 aromatic carbocycles. The van der Waals surface area contributed by atoms with Crippen molar-refractivity contribution in [1.82, 2.24) is 4.98 Å². The van der Waals surface area contributed by atoms with Gasteiger partial charge < -0.3 is 15.6 Å². The van der Waals surface area contributed by atoms with Crippen LogP contribution in [0.25, 0.3) is 11.1 Å². The number of hydrogen-bond donors (Lipinski definition) is 2. The Morgan fingerprint density at radius 1 is 1.28 bits per heavy atom. The minimum Gasteiger partial charge on any atom is -0.504 e. The van der Waals surface area contributed by atoms with Crippen LogP contribution < -0.4 is 10.5 Å². The first-order valence-corrected chi connectivity index (χ1v) is 5.25. The second kappa shape index (κ2) is 4.75. The summed E-state index contributed by atoms with van der Waals surface area (Å²) >= 11 is 0. The first-order valence-electron chi connectivity index (χ1n) is 5.25. The van der Waals surface area contributed by atoms with Crippen LogP contribution in [0.3, 0.4) is 0 Å². The maximum Gasteiger partial charge on any atom is 0.267 e. The number of pyridine rings is 1. The lowest BCUT2D eigenvalue weighted by molar-refractivity contribution is 0.0995. The molecule has 0 atom stereocenters. The van der Waals surface area contributed by atoms with E-state index in [0.717, 1.165) is 11.1 Å². The van der Waals surface area contributed by atoms with Gasteiger partial charge in [-0.2, -0.15) is 0 Å². The number of hydrogen-bond acceptors (Lipinski definition) is 4. The third kappa shape index (κ3) is 2.24. The normalized spacial score (nSPS) is 10.1. The number of ether oxygens (including phenoxy) is 1. The molecule has 0 fully saturated rings. The molecule has 0 unspecified atom stereocenters. The fourth-order valence-corrected chi connectivity index (χ4v) is 1.58. The highest BCUT2D eigenvalue weighted by Crippen LogP contribution is 2.30. The molecule has 0 saturated carbocycles. The molecule has 1 heterocycles. The predicted octanol–water partition coefficient (Wildman–Crippen LogP) is 1.56. The summed E-state index contributed by atoms with van der Waals surface area (Å²) in [6.07, 6.45) is 1.53. The van der Waals surface area contributed by atoms with Crippen LogP contribution in [0.15, 0.2) is 36.5 Å². The number of rotatable bonds is 3. The third-order valence-electron chi connectivity index (χ3n) is 2.53. The Labute approximate surface area is 104 Å². The van der Waals surface area contributed by atoms with Gasteiger partial charge in [-0.05, 0) is 23.8 Å². The Morgan fingerprint density at radius 3 is 2.50 bits per heavy atom. The number of aromatic nitrogens is 1. The fourth-order valence-electron chi connectivity index (χ4n) is 1.58. The van der Waals surface area contributed by atoms with Crippen molar-refractivity contribution in [3.63, 3.8) is 0 Å². The lowest BCUT2D eigenvalue weighted by Gasteiger charge is -2.06. The van der Waals surface area contributed by atoms with Crippen LogP contribution in [0.5, 0.6) is 11.5 Å². The van der Waals surface area contributed by atoms with E-state index in [9.17, 15) is 9.90 Å². The highest BCUT2D eigenvalue weighted by Gasteiger charge is 2.06. The first-order chi connectivity index (χ1) is 8.61. The standard InChI is InChI=1S/C13H12N2O3/c1-18-12-5-3-8(6-11(12)16)9-2-4-10(13(14)17)15-7-9/h2-7,16H,1H3,(H2,14,17). The summed E-state index contributed by atoms with van der Waals surface area (Å²) in [5.41, 5.74) is 6.86. The molecule has 5 nitrogen and oxygen atoms in total. The Kier molecular flexibility index (Phi) is 3.14. The van der Waals surface area contributed by atoms with Crippen molar-refractivity contribution in [2.75, 3.05) is 7.11 Å². The number of benzene rings is 1. The summed E-state index contributed by atoms with van der Waals surface area (Å²) in [5.74, 6) is -0.117. The van der Waals surface area contributed by atoms with Gasteiger partial charge in [0.05, 0.1) is 7.11 Å². The van der Waals surface area contributed by atoms with E-state index in [1.165, 1.54) is 13.3 Å². The highest BCUT2D eigenvalue weighted by atomic mass is 16.5. The van der Waals surface area contributed by atoms with E-state index < -0.39 is 5.91 Å². The van der Waals surface area contributed by atoms with Crippen molar-refractivity contribution in [3.8, 4) is 22.6 Å². The van der Waals surface area contributed by atoms with Crippen LogP contribution in [-0.2, 0) is 0 Å². The van der Waals surface area contributed by atoms with Gasteiger partial charge in [0.1, 0.15) is 5.69 Å². The number of nitrogens with zero attached hydrogens (tertiary/aromatic N) is 1. The number of carbonyl (C=O) groups excluding carboxylic acids is 1. The van der Waals surface area contributed by atoms with Crippen LogP contribution >= 0.6 is 0 Å². The van der Waals surface area contributed by atoms with Crippen LogP contribution in [0, 0.1) is 0 Å². The van der Waals surface area contributed by atoms with Gasteiger partial charge in [-0.15, -0.1) is 0 Å². The average Bonchev–Trinajstić information content (AvgIpc) is 2.38. The second-order valence-corrected chi connectivity index (χ2v) is 3.68. The van der Waals surface area contributed by atoms with E-state index in [0.29, 0.717) is 5.75 Å². The van der Waals surface area contributed by atoms with E-state index in [1.54, 1.807) is 30.3 Å². The molecule has 0 radical (unpaired) electrons. The molecule has 0 aliphatic rings. The fraction of sp³-hybridized carbons (Fsp3) is 0.0769. The lowest BCUT2D eigenvalue weighted by Crippen LogP contribution is -2.12. The van der Waals surface area contributed by atoms with Crippen LogP contribution in [0.1, 0.15) is 10.5 Å². The van der Waals surface area contributed by atoms with Gasteiger partial charge in [-0.25, -0.2) is 0 Å². The van der Waals surface area contributed by atoms with Crippen molar-refractivity contribution in [3.05, 3.63) is 42.2 Å². The SMILES string of the molecule is COc1ccc(-c2ccc(C(N)=O)nc2)cc1O. The monoisotopic (exact) mass is 244 g/mol. The number of carbonyl (C=O) groups is 1. The van der Waals surface area contributed by atoms with Crippen LogP contribution in [0.2, 0.25) is 0 Å². The largest absolute Gasteiger partial charge is 0.504 e. The van der Waals surface area contributed by atoms with Gasteiger partial charge >= 0.3 is 0 Å². The summed E-state index contributed by atoms with van der Waals surface area (Å²) in [5, 5.41) is 9.68. The Bertz CT molecular complexity index is 579. The van der Waals surface area contributed by atoms with Gasteiger partial charge in [0.25, 0.3) is 5.91 Å². The van der Waals surface area contributed by atoms with E-state index in [2.05, 4.69) is 4.98 Å². The lowest BCUT2D eigenvalue weighted by atomic mass is 10.1. The molecule has 0 saturated heterocycles. The molecule has 1 aromatic heterocycles. The van der Waals surface area contributed by atoms with Gasteiger partial charge in [-0.1, -0.05) is 12.1 Å². The summed E-state index contributed by atoms with van der Waals surface area (Å²) < 4.78 is 4.96.